The molecule has 0 atom stereocenters. The molecule has 1 N–H and O–H groups in total. The van der Waals surface area contributed by atoms with E-state index in [0.29, 0.717) is 0 Å². The van der Waals surface area contributed by atoms with Crippen molar-refractivity contribution < 1.29 is 9.72 Å². The Morgan fingerprint density at radius 2 is 1.69 bits per heavy atom. The zero-order chi connectivity index (χ0) is 19.4. The van der Waals surface area contributed by atoms with Crippen LogP contribution in [0.3, 0.4) is 0 Å². The first-order chi connectivity index (χ1) is 12.2. The molecule has 0 fully saturated rings. The first-order valence-corrected chi connectivity index (χ1v) is 8.48. The number of nitrogens with one attached hydrogen (secondary N) is 1. The van der Waals surface area contributed by atoms with Gasteiger partial charge in [-0.15, -0.1) is 0 Å². The molecule has 0 saturated carbocycles. The van der Waals surface area contributed by atoms with Crippen molar-refractivity contribution >= 4 is 17.3 Å². The van der Waals surface area contributed by atoms with Crippen LogP contribution in [0.1, 0.15) is 50.7 Å². The molecule has 1 aromatic heterocycles. The highest BCUT2D eigenvalue weighted by molar-refractivity contribution is 5.92. The molecule has 0 spiro atoms. The first-order valence-electron chi connectivity index (χ1n) is 8.48. The molecule has 2 aromatic rings. The van der Waals surface area contributed by atoms with Crippen LogP contribution in [0.5, 0.6) is 0 Å². The summed E-state index contributed by atoms with van der Waals surface area (Å²) in [5.74, 6) is 0.0247. The van der Waals surface area contributed by atoms with E-state index in [2.05, 4.69) is 5.32 Å². The Kier molecular flexibility index (Phi) is 5.92. The summed E-state index contributed by atoms with van der Waals surface area (Å²) < 4.78 is 1.04. The van der Waals surface area contributed by atoms with Crippen LogP contribution in [0.4, 0.5) is 11.4 Å². The number of nitrogens with zero attached hydrogens (tertiary/aromatic N) is 2. The van der Waals surface area contributed by atoms with Gasteiger partial charge < -0.3 is 5.32 Å². The number of rotatable bonds is 6. The zero-order valence-electron chi connectivity index (χ0n) is 15.4. The van der Waals surface area contributed by atoms with Gasteiger partial charge in [-0.1, -0.05) is 45.9 Å². The van der Waals surface area contributed by atoms with Gasteiger partial charge in [0, 0.05) is 17.8 Å². The lowest BCUT2D eigenvalue weighted by Crippen LogP contribution is -2.27. The molecule has 1 heterocycles. The fraction of sp³-hybridized carbons (Fsp3) is 0.368. The number of hydrogen-bond acceptors (Lipinski definition) is 4. The van der Waals surface area contributed by atoms with Crippen molar-refractivity contribution in [3.8, 4) is 0 Å². The predicted octanol–water partition coefficient (Wildman–Crippen LogP) is 3.64. The van der Waals surface area contributed by atoms with Crippen LogP contribution in [0.2, 0.25) is 0 Å². The molecule has 0 aliphatic rings. The lowest BCUT2D eigenvalue weighted by Gasteiger charge is -2.20. The van der Waals surface area contributed by atoms with Gasteiger partial charge in [0.2, 0.25) is 5.91 Å². The van der Waals surface area contributed by atoms with E-state index in [1.54, 1.807) is 0 Å². The molecule has 0 aliphatic heterocycles. The van der Waals surface area contributed by atoms with Gasteiger partial charge in [0.1, 0.15) is 6.54 Å². The molecular formula is C19H23N3O4. The lowest BCUT2D eigenvalue weighted by atomic mass is 9.92. The summed E-state index contributed by atoms with van der Waals surface area (Å²) in [4.78, 5) is 34.7. The average molecular weight is 357 g/mol. The van der Waals surface area contributed by atoms with Crippen LogP contribution < -0.4 is 10.9 Å². The number of aromatic nitrogens is 1. The van der Waals surface area contributed by atoms with Gasteiger partial charge in [-0.3, -0.25) is 24.3 Å². The Hall–Kier alpha value is -2.96. The van der Waals surface area contributed by atoms with Crippen LogP contribution in [-0.2, 0) is 11.3 Å². The molecule has 26 heavy (non-hydrogen) atoms. The second kappa shape index (κ2) is 7.95. The molecule has 0 bridgehead atoms. The first kappa shape index (κ1) is 19.4. The predicted molar refractivity (Wildman–Crippen MR) is 101 cm³/mol. The van der Waals surface area contributed by atoms with Gasteiger partial charge >= 0.3 is 0 Å². The van der Waals surface area contributed by atoms with Gasteiger partial charge in [-0.05, 0) is 23.0 Å². The number of anilines is 1. The fourth-order valence-corrected chi connectivity index (χ4v) is 2.78. The Morgan fingerprint density at radius 1 is 1.12 bits per heavy atom. The van der Waals surface area contributed by atoms with E-state index in [4.69, 9.17) is 0 Å². The van der Waals surface area contributed by atoms with Crippen molar-refractivity contribution in [2.45, 2.75) is 46.1 Å². The Morgan fingerprint density at radius 3 is 2.19 bits per heavy atom. The summed E-state index contributed by atoms with van der Waals surface area (Å²) >= 11 is 0. The number of para-hydroxylation sites is 1. The summed E-state index contributed by atoms with van der Waals surface area (Å²) in [6.07, 6.45) is 1.08. The highest BCUT2D eigenvalue weighted by Crippen LogP contribution is 2.32. The number of carbonyl (C=O) groups excluding carboxylic acids is 1. The zero-order valence-corrected chi connectivity index (χ0v) is 15.4. The Bertz CT molecular complexity index is 858. The minimum Gasteiger partial charge on any atom is -0.324 e. The maximum Gasteiger partial charge on any atom is 0.285 e. The maximum absolute atomic E-state index is 12.5. The van der Waals surface area contributed by atoms with Crippen molar-refractivity contribution in [3.63, 3.8) is 0 Å². The Balaban J connectivity index is 2.33. The quantitative estimate of drug-likeness (QED) is 0.631. The lowest BCUT2D eigenvalue weighted by molar-refractivity contribution is -0.385. The van der Waals surface area contributed by atoms with E-state index in [1.807, 2.05) is 45.9 Å². The second-order valence-corrected chi connectivity index (χ2v) is 6.78. The van der Waals surface area contributed by atoms with Crippen molar-refractivity contribution in [2.75, 3.05) is 5.32 Å². The van der Waals surface area contributed by atoms with Crippen LogP contribution in [-0.4, -0.2) is 15.4 Å². The highest BCUT2D eigenvalue weighted by atomic mass is 16.6. The third-order valence-electron chi connectivity index (χ3n) is 4.13. The van der Waals surface area contributed by atoms with Crippen molar-refractivity contribution in [3.05, 3.63) is 68.1 Å². The number of pyridine rings is 1. The molecular weight excluding hydrogens is 334 g/mol. The molecule has 0 unspecified atom stereocenters. The number of carbonyl (C=O) groups is 1. The number of benzene rings is 1. The number of nitro groups is 1. The number of amides is 1. The average Bonchev–Trinajstić information content (AvgIpc) is 2.56. The minimum atomic E-state index is -0.598. The molecule has 7 heteroatoms. The SMILES string of the molecule is CC(C)c1cccc(C(C)C)c1NC(=O)Cn1cc([N+](=O)[O-])ccc1=O. The Labute approximate surface area is 151 Å². The molecule has 2 rings (SSSR count). The summed E-state index contributed by atoms with van der Waals surface area (Å²) in [5.41, 5.74) is 2.07. The topological polar surface area (TPSA) is 94.2 Å². The van der Waals surface area contributed by atoms with E-state index >= 15 is 0 Å². The van der Waals surface area contributed by atoms with Crippen LogP contribution >= 0.6 is 0 Å². The largest absolute Gasteiger partial charge is 0.324 e. The third kappa shape index (κ3) is 4.36. The van der Waals surface area contributed by atoms with Gasteiger partial charge in [-0.25, -0.2) is 0 Å². The van der Waals surface area contributed by atoms with Gasteiger partial charge in [-0.2, -0.15) is 0 Å². The third-order valence-corrected chi connectivity index (χ3v) is 4.13. The fourth-order valence-electron chi connectivity index (χ4n) is 2.78. The van der Waals surface area contributed by atoms with Gasteiger partial charge in [0.15, 0.2) is 0 Å². The molecule has 0 aliphatic carbocycles. The van der Waals surface area contributed by atoms with E-state index in [0.717, 1.165) is 39.7 Å². The summed E-state index contributed by atoms with van der Waals surface area (Å²) in [5, 5.41) is 13.8. The summed E-state index contributed by atoms with van der Waals surface area (Å²) in [6.45, 7) is 7.88. The van der Waals surface area contributed by atoms with E-state index in [9.17, 15) is 19.7 Å². The molecule has 138 valence electrons. The standard InChI is InChI=1S/C19H23N3O4/c1-12(2)15-6-5-7-16(13(3)4)19(15)20-17(23)11-21-10-14(22(25)26)8-9-18(21)24/h5-10,12-13H,11H2,1-4H3,(H,20,23). The molecule has 0 saturated heterocycles. The summed E-state index contributed by atoms with van der Waals surface area (Å²) in [7, 11) is 0. The van der Waals surface area contributed by atoms with Gasteiger partial charge in [0.25, 0.3) is 11.2 Å². The monoisotopic (exact) mass is 357 g/mol. The molecule has 7 nitrogen and oxygen atoms in total. The smallest absolute Gasteiger partial charge is 0.285 e. The van der Waals surface area contributed by atoms with Crippen LogP contribution in [0.25, 0.3) is 0 Å². The molecule has 1 aromatic carbocycles. The minimum absolute atomic E-state index is 0.213. The number of hydrogen-bond donors (Lipinski definition) is 1. The highest BCUT2D eigenvalue weighted by Gasteiger charge is 2.17. The van der Waals surface area contributed by atoms with Crippen molar-refractivity contribution in [1.29, 1.82) is 0 Å². The molecule has 0 radical (unpaired) electrons. The van der Waals surface area contributed by atoms with Crippen molar-refractivity contribution in [2.24, 2.45) is 0 Å². The summed E-state index contributed by atoms with van der Waals surface area (Å²) in [6, 6.07) is 8.11. The second-order valence-electron chi connectivity index (χ2n) is 6.78. The van der Waals surface area contributed by atoms with Gasteiger partial charge in [0.05, 0.1) is 11.1 Å². The maximum atomic E-state index is 12.5. The van der Waals surface area contributed by atoms with E-state index < -0.39 is 16.4 Å². The van der Waals surface area contributed by atoms with Crippen molar-refractivity contribution in [1.82, 2.24) is 4.57 Å². The van der Waals surface area contributed by atoms with Crippen LogP contribution in [0.15, 0.2) is 41.3 Å². The normalized spacial score (nSPS) is 11.0. The van der Waals surface area contributed by atoms with Crippen LogP contribution in [0, 0.1) is 10.1 Å². The van der Waals surface area contributed by atoms with E-state index in [1.165, 1.54) is 0 Å². The molecule has 1 amide bonds. The van der Waals surface area contributed by atoms with E-state index in [-0.39, 0.29) is 24.1 Å².